The van der Waals surface area contributed by atoms with Crippen LogP contribution in [0.2, 0.25) is 0 Å². The molecule has 4 nitrogen and oxygen atoms in total. The van der Waals surface area contributed by atoms with Crippen LogP contribution >= 0.6 is 0 Å². The first-order valence-corrected chi connectivity index (χ1v) is 6.45. The number of ether oxygens (including phenoxy) is 1. The summed E-state index contributed by atoms with van der Waals surface area (Å²) in [4.78, 5) is 13.4. The van der Waals surface area contributed by atoms with Crippen molar-refractivity contribution in [2.75, 3.05) is 19.7 Å². The van der Waals surface area contributed by atoms with Gasteiger partial charge in [-0.25, -0.2) is 4.39 Å². The fraction of sp³-hybridized carbons (Fsp3) is 0.500. The van der Waals surface area contributed by atoms with Gasteiger partial charge in [-0.15, -0.1) is 0 Å². The van der Waals surface area contributed by atoms with Gasteiger partial charge in [-0.3, -0.25) is 4.79 Å². The second kappa shape index (κ2) is 7.09. The Hall–Kier alpha value is -1.62. The first-order valence-electron chi connectivity index (χ1n) is 6.45. The molecule has 0 aliphatic heterocycles. The predicted molar refractivity (Wildman–Crippen MR) is 72.4 cm³/mol. The fourth-order valence-electron chi connectivity index (χ4n) is 1.72. The minimum absolute atomic E-state index is 0.0740. The van der Waals surface area contributed by atoms with Crippen molar-refractivity contribution in [3.05, 3.63) is 29.6 Å². The number of hydrogen-bond donors (Lipinski definition) is 1. The highest BCUT2D eigenvalue weighted by molar-refractivity contribution is 5.77. The monoisotopic (exact) mass is 268 g/mol. The smallest absolute Gasteiger partial charge is 0.260 e. The number of benzene rings is 1. The molecule has 1 aromatic rings. The average molecular weight is 268 g/mol. The molecule has 0 bridgehead atoms. The Morgan fingerprint density at radius 3 is 2.53 bits per heavy atom. The van der Waals surface area contributed by atoms with E-state index in [2.05, 4.69) is 0 Å². The van der Waals surface area contributed by atoms with E-state index in [0.29, 0.717) is 18.7 Å². The molecule has 0 saturated carbocycles. The molecule has 0 radical (unpaired) electrons. The van der Waals surface area contributed by atoms with Crippen molar-refractivity contribution in [3.63, 3.8) is 0 Å². The number of likely N-dealkylation sites (N-methyl/N-ethyl adjacent to an activating group) is 1. The summed E-state index contributed by atoms with van der Waals surface area (Å²) >= 11 is 0. The van der Waals surface area contributed by atoms with Crippen molar-refractivity contribution in [3.8, 4) is 5.75 Å². The van der Waals surface area contributed by atoms with Gasteiger partial charge in [0.15, 0.2) is 18.2 Å². The quantitative estimate of drug-likeness (QED) is 0.859. The zero-order valence-corrected chi connectivity index (χ0v) is 11.6. The highest BCUT2D eigenvalue weighted by atomic mass is 19.1. The van der Waals surface area contributed by atoms with E-state index in [4.69, 9.17) is 10.5 Å². The molecule has 106 valence electrons. The number of carbonyl (C=O) groups excluding carboxylic acids is 1. The number of carbonyl (C=O) groups is 1. The lowest BCUT2D eigenvalue weighted by Crippen LogP contribution is -2.34. The van der Waals surface area contributed by atoms with Gasteiger partial charge in [0.25, 0.3) is 5.91 Å². The summed E-state index contributed by atoms with van der Waals surface area (Å²) in [7, 11) is 0. The second-order valence-electron chi connectivity index (χ2n) is 4.33. The number of hydrogen-bond acceptors (Lipinski definition) is 3. The van der Waals surface area contributed by atoms with Gasteiger partial charge in [0.05, 0.1) is 0 Å². The van der Waals surface area contributed by atoms with E-state index in [9.17, 15) is 9.18 Å². The molecule has 1 aromatic carbocycles. The lowest BCUT2D eigenvalue weighted by Gasteiger charge is -2.19. The molecule has 0 unspecified atom stereocenters. The second-order valence-corrected chi connectivity index (χ2v) is 4.33. The molecule has 2 N–H and O–H groups in total. The molecular weight excluding hydrogens is 247 g/mol. The first-order chi connectivity index (χ1) is 8.99. The largest absolute Gasteiger partial charge is 0.481 e. The Labute approximate surface area is 113 Å². The van der Waals surface area contributed by atoms with Crippen LogP contribution in [0, 0.1) is 5.82 Å². The Morgan fingerprint density at radius 2 is 2.05 bits per heavy atom. The van der Waals surface area contributed by atoms with Crippen LogP contribution in [0.5, 0.6) is 5.75 Å². The van der Waals surface area contributed by atoms with Gasteiger partial charge >= 0.3 is 0 Å². The van der Waals surface area contributed by atoms with Crippen LogP contribution in [0.25, 0.3) is 0 Å². The van der Waals surface area contributed by atoms with Gasteiger partial charge < -0.3 is 15.4 Å². The lowest BCUT2D eigenvalue weighted by molar-refractivity contribution is -0.133. The third kappa shape index (κ3) is 4.21. The van der Waals surface area contributed by atoms with Crippen LogP contribution in [-0.4, -0.2) is 30.5 Å². The number of rotatable bonds is 6. The third-order valence-corrected chi connectivity index (χ3v) is 2.95. The minimum Gasteiger partial charge on any atom is -0.481 e. The molecule has 1 atom stereocenters. The fourth-order valence-corrected chi connectivity index (χ4v) is 1.72. The highest BCUT2D eigenvalue weighted by Gasteiger charge is 2.12. The maximum absolute atomic E-state index is 13.7. The molecule has 0 aliphatic carbocycles. The number of nitrogens with two attached hydrogens (primary N) is 1. The number of halogens is 1. The third-order valence-electron chi connectivity index (χ3n) is 2.95. The van der Waals surface area contributed by atoms with E-state index in [-0.39, 0.29) is 24.3 Å². The number of nitrogens with zero attached hydrogens (tertiary/aromatic N) is 1. The van der Waals surface area contributed by atoms with Gasteiger partial charge in [-0.1, -0.05) is 6.07 Å². The topological polar surface area (TPSA) is 55.6 Å². The van der Waals surface area contributed by atoms with Crippen molar-refractivity contribution in [2.45, 2.75) is 26.8 Å². The molecule has 0 heterocycles. The molecule has 19 heavy (non-hydrogen) atoms. The summed E-state index contributed by atoms with van der Waals surface area (Å²) in [6.45, 7) is 6.63. The molecule has 1 rings (SSSR count). The van der Waals surface area contributed by atoms with Gasteiger partial charge in [0, 0.05) is 19.1 Å². The Balaban J connectivity index is 2.66. The summed E-state index contributed by atoms with van der Waals surface area (Å²) < 4.78 is 18.9. The molecule has 0 saturated heterocycles. The van der Waals surface area contributed by atoms with Crippen molar-refractivity contribution >= 4 is 5.91 Å². The normalized spacial score (nSPS) is 12.1. The van der Waals surface area contributed by atoms with Gasteiger partial charge in [-0.05, 0) is 38.5 Å². The zero-order chi connectivity index (χ0) is 14.4. The van der Waals surface area contributed by atoms with E-state index in [1.54, 1.807) is 17.9 Å². The van der Waals surface area contributed by atoms with E-state index < -0.39 is 5.82 Å². The van der Waals surface area contributed by atoms with Crippen LogP contribution in [0.4, 0.5) is 4.39 Å². The Kier molecular flexibility index (Phi) is 5.76. The van der Waals surface area contributed by atoms with Crippen LogP contribution in [0.3, 0.4) is 0 Å². The summed E-state index contributed by atoms with van der Waals surface area (Å²) in [5, 5.41) is 0. The molecule has 1 amide bonds. The van der Waals surface area contributed by atoms with E-state index >= 15 is 0 Å². The van der Waals surface area contributed by atoms with Crippen LogP contribution in [0.1, 0.15) is 32.4 Å². The Bertz CT molecular complexity index is 431. The van der Waals surface area contributed by atoms with Crippen molar-refractivity contribution in [2.24, 2.45) is 5.73 Å². The molecule has 5 heteroatoms. The summed E-state index contributed by atoms with van der Waals surface area (Å²) in [5.41, 5.74) is 6.36. The number of amides is 1. The summed E-state index contributed by atoms with van der Waals surface area (Å²) in [5.74, 6) is -0.576. The first kappa shape index (κ1) is 15.4. The van der Waals surface area contributed by atoms with Crippen LogP contribution in [0.15, 0.2) is 18.2 Å². The molecule has 0 spiro atoms. The van der Waals surface area contributed by atoms with Crippen molar-refractivity contribution in [1.29, 1.82) is 0 Å². The predicted octanol–water partition coefficient (Wildman–Crippen LogP) is 2.09. The van der Waals surface area contributed by atoms with Gasteiger partial charge in [0.2, 0.25) is 0 Å². The molecular formula is C14H21FN2O2. The van der Waals surface area contributed by atoms with E-state index in [1.165, 1.54) is 12.1 Å². The van der Waals surface area contributed by atoms with Gasteiger partial charge in [0.1, 0.15) is 0 Å². The highest BCUT2D eigenvalue weighted by Crippen LogP contribution is 2.21. The van der Waals surface area contributed by atoms with E-state index in [1.807, 2.05) is 13.8 Å². The lowest BCUT2D eigenvalue weighted by atomic mass is 10.1. The van der Waals surface area contributed by atoms with Crippen LogP contribution < -0.4 is 10.5 Å². The van der Waals surface area contributed by atoms with Crippen molar-refractivity contribution < 1.29 is 13.9 Å². The SMILES string of the molecule is CCN(CC)C(=O)COc1ccc([C@@H](C)N)cc1F. The Morgan fingerprint density at radius 1 is 1.42 bits per heavy atom. The molecule has 0 aromatic heterocycles. The van der Waals surface area contributed by atoms with Crippen LogP contribution in [-0.2, 0) is 4.79 Å². The maximum atomic E-state index is 13.7. The van der Waals surface area contributed by atoms with Crippen molar-refractivity contribution in [1.82, 2.24) is 4.90 Å². The standard InChI is InChI=1S/C14H21FN2O2/c1-4-17(5-2)14(18)9-19-13-7-6-11(10(3)16)8-12(13)15/h6-8,10H,4-5,9,16H2,1-3H3/t10-/m1/s1. The van der Waals surface area contributed by atoms with E-state index in [0.717, 1.165) is 0 Å². The maximum Gasteiger partial charge on any atom is 0.260 e. The summed E-state index contributed by atoms with van der Waals surface area (Å²) in [6, 6.07) is 4.30. The minimum atomic E-state index is -0.498. The van der Waals surface area contributed by atoms with Gasteiger partial charge in [-0.2, -0.15) is 0 Å². The summed E-state index contributed by atoms with van der Waals surface area (Å²) in [6.07, 6.45) is 0. The molecule has 0 fully saturated rings. The molecule has 0 aliphatic rings. The zero-order valence-electron chi connectivity index (χ0n) is 11.6. The average Bonchev–Trinajstić information content (AvgIpc) is 2.38.